The Kier molecular flexibility index (Phi) is 5.08. The van der Waals surface area contributed by atoms with Crippen LogP contribution in [0.2, 0.25) is 0 Å². The van der Waals surface area contributed by atoms with Gasteiger partial charge in [0.1, 0.15) is 11.1 Å². The lowest BCUT2D eigenvalue weighted by Gasteiger charge is -2.26. The monoisotopic (exact) mass is 346 g/mol. The van der Waals surface area contributed by atoms with E-state index in [9.17, 15) is 5.11 Å². The summed E-state index contributed by atoms with van der Waals surface area (Å²) in [6, 6.07) is 5.75. The van der Waals surface area contributed by atoms with Gasteiger partial charge in [-0.1, -0.05) is 6.07 Å². The first-order valence-electron chi connectivity index (χ1n) is 9.36. The number of nitrogens with zero attached hydrogens (tertiary/aromatic N) is 1. The molecule has 2 heterocycles. The van der Waals surface area contributed by atoms with Crippen LogP contribution in [0.4, 0.5) is 0 Å². The number of aromatic nitrogens is 1. The molecule has 0 atom stereocenters. The van der Waals surface area contributed by atoms with Crippen molar-refractivity contribution < 1.29 is 19.1 Å². The Labute approximate surface area is 147 Å². The van der Waals surface area contributed by atoms with E-state index in [1.165, 1.54) is 0 Å². The van der Waals surface area contributed by atoms with Gasteiger partial charge in [0, 0.05) is 0 Å². The van der Waals surface area contributed by atoms with Crippen LogP contribution < -0.4 is 14.8 Å². The predicted octanol–water partition coefficient (Wildman–Crippen LogP) is 2.89. The smallest absolute Gasteiger partial charge is 0.265 e. The second-order valence-corrected chi connectivity index (χ2v) is 7.17. The van der Waals surface area contributed by atoms with Crippen LogP contribution in [-0.2, 0) is 0 Å². The van der Waals surface area contributed by atoms with Gasteiger partial charge < -0.3 is 24.4 Å². The molecule has 1 saturated heterocycles. The highest BCUT2D eigenvalue weighted by Crippen LogP contribution is 2.36. The molecule has 1 aliphatic heterocycles. The van der Waals surface area contributed by atoms with Crippen molar-refractivity contribution in [3.8, 4) is 11.6 Å². The van der Waals surface area contributed by atoms with Crippen LogP contribution in [0.1, 0.15) is 38.5 Å². The van der Waals surface area contributed by atoms with E-state index in [1.54, 1.807) is 0 Å². The summed E-state index contributed by atoms with van der Waals surface area (Å²) in [5.41, 5.74) is 0.689. The highest BCUT2D eigenvalue weighted by Gasteiger charge is 2.24. The normalized spacial score (nSPS) is 25.2. The minimum absolute atomic E-state index is 0.126. The Morgan fingerprint density at radius 2 is 1.92 bits per heavy atom. The van der Waals surface area contributed by atoms with Crippen LogP contribution >= 0.6 is 0 Å². The number of hydrogen-bond acceptors (Lipinski definition) is 6. The average molecular weight is 346 g/mol. The molecule has 2 fully saturated rings. The van der Waals surface area contributed by atoms with Gasteiger partial charge in [0.15, 0.2) is 5.58 Å². The molecule has 2 aromatic rings. The van der Waals surface area contributed by atoms with Gasteiger partial charge in [0.05, 0.1) is 18.8 Å². The summed E-state index contributed by atoms with van der Waals surface area (Å²) in [7, 11) is 0. The molecule has 2 aliphatic rings. The standard InChI is InChI=1S/C19H26N2O4/c22-14-4-6-15(7-5-14)24-16-2-1-3-17-18(16)19(21-25-17)23-12-13-8-10-20-11-9-13/h1-3,13-15,20,22H,4-12H2/t14-,15+. The van der Waals surface area contributed by atoms with Gasteiger partial charge in [-0.15, -0.1) is 0 Å². The van der Waals surface area contributed by atoms with Gasteiger partial charge in [-0.2, -0.15) is 0 Å². The fourth-order valence-corrected chi connectivity index (χ4v) is 3.72. The molecule has 1 aromatic carbocycles. The van der Waals surface area contributed by atoms with Crippen molar-refractivity contribution in [3.63, 3.8) is 0 Å². The fraction of sp³-hybridized carbons (Fsp3) is 0.632. The van der Waals surface area contributed by atoms with Gasteiger partial charge in [-0.3, -0.25) is 0 Å². The van der Waals surface area contributed by atoms with E-state index < -0.39 is 0 Å². The zero-order valence-electron chi connectivity index (χ0n) is 14.4. The SMILES string of the molecule is O[C@H]1CC[C@@H](Oc2cccc3onc(OCC4CCNCC4)c23)CC1. The first-order chi connectivity index (χ1) is 12.3. The molecule has 4 rings (SSSR count). The number of aliphatic hydroxyl groups excluding tert-OH is 1. The quantitative estimate of drug-likeness (QED) is 0.867. The van der Waals surface area contributed by atoms with Crippen LogP contribution in [0.3, 0.4) is 0 Å². The molecule has 0 spiro atoms. The number of benzene rings is 1. The van der Waals surface area contributed by atoms with Gasteiger partial charge in [-0.05, 0) is 74.8 Å². The van der Waals surface area contributed by atoms with E-state index in [1.807, 2.05) is 18.2 Å². The predicted molar refractivity (Wildman–Crippen MR) is 94.0 cm³/mol. The van der Waals surface area contributed by atoms with Crippen molar-refractivity contribution in [3.05, 3.63) is 18.2 Å². The molecular formula is C19H26N2O4. The largest absolute Gasteiger partial charge is 0.489 e. The summed E-state index contributed by atoms with van der Waals surface area (Å²) in [6.07, 6.45) is 5.53. The molecule has 1 aromatic heterocycles. The molecule has 2 N–H and O–H groups in total. The van der Waals surface area contributed by atoms with Crippen molar-refractivity contribution in [1.82, 2.24) is 10.5 Å². The molecule has 0 amide bonds. The zero-order chi connectivity index (χ0) is 17.1. The number of aliphatic hydroxyl groups is 1. The summed E-state index contributed by atoms with van der Waals surface area (Å²) in [5, 5.41) is 18.0. The first-order valence-corrected chi connectivity index (χ1v) is 9.36. The van der Waals surface area contributed by atoms with Crippen molar-refractivity contribution >= 4 is 11.0 Å². The third-order valence-corrected chi connectivity index (χ3v) is 5.28. The lowest BCUT2D eigenvalue weighted by Crippen LogP contribution is -2.30. The zero-order valence-corrected chi connectivity index (χ0v) is 14.4. The minimum atomic E-state index is -0.185. The number of fused-ring (bicyclic) bond motifs is 1. The number of piperidine rings is 1. The molecule has 1 saturated carbocycles. The summed E-state index contributed by atoms with van der Waals surface area (Å²) < 4.78 is 17.6. The van der Waals surface area contributed by atoms with Gasteiger partial charge in [0.2, 0.25) is 0 Å². The third-order valence-electron chi connectivity index (χ3n) is 5.28. The van der Waals surface area contributed by atoms with E-state index in [-0.39, 0.29) is 12.2 Å². The van der Waals surface area contributed by atoms with Crippen molar-refractivity contribution in [2.75, 3.05) is 19.7 Å². The summed E-state index contributed by atoms with van der Waals surface area (Å²) >= 11 is 0. The topological polar surface area (TPSA) is 76.8 Å². The van der Waals surface area contributed by atoms with Crippen LogP contribution in [0.5, 0.6) is 11.6 Å². The molecule has 0 radical (unpaired) electrons. The maximum atomic E-state index is 9.66. The molecule has 1 aliphatic carbocycles. The molecule has 136 valence electrons. The lowest BCUT2D eigenvalue weighted by molar-refractivity contribution is 0.0672. The Morgan fingerprint density at radius 3 is 2.72 bits per heavy atom. The van der Waals surface area contributed by atoms with E-state index >= 15 is 0 Å². The summed E-state index contributed by atoms with van der Waals surface area (Å²) in [4.78, 5) is 0. The molecule has 6 heteroatoms. The van der Waals surface area contributed by atoms with E-state index in [0.717, 1.165) is 62.8 Å². The molecule has 0 unspecified atom stereocenters. The fourth-order valence-electron chi connectivity index (χ4n) is 3.72. The maximum Gasteiger partial charge on any atom is 0.265 e. The van der Waals surface area contributed by atoms with Crippen LogP contribution in [0.15, 0.2) is 22.7 Å². The second-order valence-electron chi connectivity index (χ2n) is 7.17. The number of nitrogens with one attached hydrogen (secondary N) is 1. The maximum absolute atomic E-state index is 9.66. The minimum Gasteiger partial charge on any atom is -0.489 e. The van der Waals surface area contributed by atoms with Crippen LogP contribution in [0, 0.1) is 5.92 Å². The van der Waals surface area contributed by atoms with Crippen molar-refractivity contribution in [2.24, 2.45) is 5.92 Å². The number of hydrogen-bond donors (Lipinski definition) is 2. The lowest BCUT2D eigenvalue weighted by atomic mass is 9.95. The molecule has 6 nitrogen and oxygen atoms in total. The Balaban J connectivity index is 1.48. The van der Waals surface area contributed by atoms with E-state index in [2.05, 4.69) is 10.5 Å². The van der Waals surface area contributed by atoms with Gasteiger partial charge in [-0.25, -0.2) is 0 Å². The summed E-state index contributed by atoms with van der Waals surface area (Å²) in [5.74, 6) is 1.85. The Bertz CT molecular complexity index is 688. The number of rotatable bonds is 5. The van der Waals surface area contributed by atoms with Crippen LogP contribution in [0.25, 0.3) is 11.0 Å². The Morgan fingerprint density at radius 1 is 1.12 bits per heavy atom. The molecule has 25 heavy (non-hydrogen) atoms. The van der Waals surface area contributed by atoms with Crippen molar-refractivity contribution in [1.29, 1.82) is 0 Å². The first kappa shape index (κ1) is 16.7. The van der Waals surface area contributed by atoms with E-state index in [4.69, 9.17) is 14.0 Å². The average Bonchev–Trinajstić information content (AvgIpc) is 3.07. The third kappa shape index (κ3) is 3.90. The second kappa shape index (κ2) is 7.62. The Hall–Kier alpha value is -1.79. The highest BCUT2D eigenvalue weighted by atomic mass is 16.5. The van der Waals surface area contributed by atoms with Crippen molar-refractivity contribution in [2.45, 2.75) is 50.7 Å². The highest BCUT2D eigenvalue weighted by molar-refractivity contribution is 5.88. The van der Waals surface area contributed by atoms with Crippen LogP contribution in [-0.4, -0.2) is 42.2 Å². The van der Waals surface area contributed by atoms with E-state index in [0.29, 0.717) is 24.0 Å². The number of ether oxygens (including phenoxy) is 2. The van der Waals surface area contributed by atoms with Gasteiger partial charge >= 0.3 is 0 Å². The summed E-state index contributed by atoms with van der Waals surface area (Å²) in [6.45, 7) is 2.76. The molecule has 0 bridgehead atoms. The molecular weight excluding hydrogens is 320 g/mol. The van der Waals surface area contributed by atoms with Gasteiger partial charge in [0.25, 0.3) is 5.88 Å².